The highest BCUT2D eigenvalue weighted by atomic mass is 35.5. The SMILES string of the molecule is CCNCc1cc(Cl)c(OCCCC#N)c(OC)c1. The minimum Gasteiger partial charge on any atom is -0.493 e. The Hall–Kier alpha value is -1.44. The molecule has 0 heterocycles. The summed E-state index contributed by atoms with van der Waals surface area (Å²) in [7, 11) is 1.59. The Morgan fingerprint density at radius 3 is 2.84 bits per heavy atom. The van der Waals surface area contributed by atoms with Gasteiger partial charge in [0.15, 0.2) is 11.5 Å². The first-order valence-corrected chi connectivity index (χ1v) is 6.67. The number of ether oxygens (including phenoxy) is 2. The van der Waals surface area contributed by atoms with Crippen molar-refractivity contribution < 1.29 is 9.47 Å². The number of nitrogens with one attached hydrogen (secondary N) is 1. The molecule has 19 heavy (non-hydrogen) atoms. The quantitative estimate of drug-likeness (QED) is 0.744. The Balaban J connectivity index is 2.77. The second-order valence-corrected chi connectivity index (χ2v) is 4.41. The molecule has 1 N–H and O–H groups in total. The van der Waals surface area contributed by atoms with Crippen molar-refractivity contribution in [1.29, 1.82) is 5.26 Å². The van der Waals surface area contributed by atoms with Gasteiger partial charge in [0, 0.05) is 13.0 Å². The van der Waals surface area contributed by atoms with Gasteiger partial charge in [0.05, 0.1) is 24.8 Å². The standard InChI is InChI=1S/C14H19ClN2O2/c1-3-17-10-11-8-12(15)14(13(9-11)18-2)19-7-5-4-6-16/h8-9,17H,3-5,7,10H2,1-2H3. The van der Waals surface area contributed by atoms with Crippen LogP contribution in [0.1, 0.15) is 25.3 Å². The van der Waals surface area contributed by atoms with Crippen molar-refractivity contribution in [3.8, 4) is 17.6 Å². The van der Waals surface area contributed by atoms with Gasteiger partial charge in [0.2, 0.25) is 0 Å². The summed E-state index contributed by atoms with van der Waals surface area (Å²) in [5.74, 6) is 1.17. The van der Waals surface area contributed by atoms with Gasteiger partial charge in [-0.05, 0) is 30.7 Å². The van der Waals surface area contributed by atoms with Crippen LogP contribution in [0.15, 0.2) is 12.1 Å². The van der Waals surface area contributed by atoms with E-state index < -0.39 is 0 Å². The summed E-state index contributed by atoms with van der Waals surface area (Å²) in [4.78, 5) is 0. The normalized spacial score (nSPS) is 10.0. The van der Waals surface area contributed by atoms with Crippen molar-refractivity contribution >= 4 is 11.6 Å². The maximum absolute atomic E-state index is 8.47. The number of hydrogen-bond donors (Lipinski definition) is 1. The lowest BCUT2D eigenvalue weighted by Gasteiger charge is -2.14. The lowest BCUT2D eigenvalue weighted by atomic mass is 10.2. The summed E-state index contributed by atoms with van der Waals surface area (Å²) >= 11 is 6.21. The van der Waals surface area contributed by atoms with E-state index in [0.717, 1.165) is 18.7 Å². The Morgan fingerprint density at radius 1 is 1.42 bits per heavy atom. The number of hydrogen-bond acceptors (Lipinski definition) is 4. The van der Waals surface area contributed by atoms with Crippen LogP contribution in [-0.2, 0) is 6.54 Å². The van der Waals surface area contributed by atoms with Gasteiger partial charge in [-0.15, -0.1) is 0 Å². The van der Waals surface area contributed by atoms with Crippen LogP contribution >= 0.6 is 11.6 Å². The molecule has 1 aromatic rings. The summed E-state index contributed by atoms with van der Waals surface area (Å²) in [6.07, 6.45) is 1.15. The smallest absolute Gasteiger partial charge is 0.179 e. The molecule has 0 saturated carbocycles. The Labute approximate surface area is 119 Å². The maximum atomic E-state index is 8.47. The van der Waals surface area contributed by atoms with Crippen LogP contribution < -0.4 is 14.8 Å². The van der Waals surface area contributed by atoms with E-state index in [1.807, 2.05) is 19.1 Å². The number of halogens is 1. The topological polar surface area (TPSA) is 54.3 Å². The van der Waals surface area contributed by atoms with E-state index in [1.54, 1.807) is 7.11 Å². The third-order valence-electron chi connectivity index (χ3n) is 2.55. The summed E-state index contributed by atoms with van der Waals surface area (Å²) in [6, 6.07) is 5.86. The van der Waals surface area contributed by atoms with Gasteiger partial charge in [-0.2, -0.15) is 5.26 Å². The van der Waals surface area contributed by atoms with E-state index in [9.17, 15) is 0 Å². The minimum atomic E-state index is 0.455. The lowest BCUT2D eigenvalue weighted by molar-refractivity contribution is 0.290. The molecule has 0 aromatic heterocycles. The molecule has 0 unspecified atom stereocenters. The molecule has 0 bridgehead atoms. The summed E-state index contributed by atoms with van der Waals surface area (Å²) < 4.78 is 10.9. The van der Waals surface area contributed by atoms with Crippen molar-refractivity contribution in [2.75, 3.05) is 20.3 Å². The predicted octanol–water partition coefficient (Wildman–Crippen LogP) is 3.14. The fourth-order valence-electron chi connectivity index (χ4n) is 1.61. The van der Waals surface area contributed by atoms with Crippen LogP contribution in [-0.4, -0.2) is 20.3 Å². The fraction of sp³-hybridized carbons (Fsp3) is 0.500. The van der Waals surface area contributed by atoms with Gasteiger partial charge < -0.3 is 14.8 Å². The number of benzene rings is 1. The van der Waals surface area contributed by atoms with E-state index in [0.29, 0.717) is 36.0 Å². The van der Waals surface area contributed by atoms with E-state index >= 15 is 0 Å². The molecule has 0 fully saturated rings. The second kappa shape index (κ2) is 8.63. The number of methoxy groups -OCH3 is 1. The zero-order valence-corrected chi connectivity index (χ0v) is 12.1. The zero-order valence-electron chi connectivity index (χ0n) is 11.3. The van der Waals surface area contributed by atoms with E-state index in [2.05, 4.69) is 11.4 Å². The molecule has 0 amide bonds. The van der Waals surface area contributed by atoms with Crippen LogP contribution in [0.3, 0.4) is 0 Å². The lowest BCUT2D eigenvalue weighted by Crippen LogP contribution is -2.12. The number of unbranched alkanes of at least 4 members (excludes halogenated alkanes) is 1. The van der Waals surface area contributed by atoms with E-state index in [4.69, 9.17) is 26.3 Å². The predicted molar refractivity (Wildman–Crippen MR) is 75.7 cm³/mol. The van der Waals surface area contributed by atoms with Crippen molar-refractivity contribution in [2.24, 2.45) is 0 Å². The molecule has 104 valence electrons. The summed E-state index contributed by atoms with van der Waals surface area (Å²) in [6.45, 7) is 4.13. The Bertz CT molecular complexity index is 444. The van der Waals surface area contributed by atoms with Gasteiger partial charge >= 0.3 is 0 Å². The van der Waals surface area contributed by atoms with Crippen LogP contribution in [0.25, 0.3) is 0 Å². The van der Waals surface area contributed by atoms with Crippen LogP contribution in [0.5, 0.6) is 11.5 Å². The van der Waals surface area contributed by atoms with Crippen molar-refractivity contribution in [2.45, 2.75) is 26.3 Å². The van der Waals surface area contributed by atoms with Gasteiger partial charge in [-0.3, -0.25) is 0 Å². The molecule has 0 radical (unpaired) electrons. The molecule has 4 nitrogen and oxygen atoms in total. The first kappa shape index (κ1) is 15.6. The largest absolute Gasteiger partial charge is 0.493 e. The van der Waals surface area contributed by atoms with Crippen LogP contribution in [0, 0.1) is 11.3 Å². The average Bonchev–Trinajstić information content (AvgIpc) is 2.42. The molecule has 1 aromatic carbocycles. The highest BCUT2D eigenvalue weighted by molar-refractivity contribution is 6.32. The third kappa shape index (κ3) is 4.98. The van der Waals surface area contributed by atoms with Gasteiger partial charge in [0.25, 0.3) is 0 Å². The molecule has 0 aliphatic rings. The molecule has 0 aliphatic heterocycles. The molecule has 1 rings (SSSR count). The van der Waals surface area contributed by atoms with Crippen molar-refractivity contribution in [3.63, 3.8) is 0 Å². The Morgan fingerprint density at radius 2 is 2.21 bits per heavy atom. The first-order valence-electron chi connectivity index (χ1n) is 6.29. The highest BCUT2D eigenvalue weighted by Gasteiger charge is 2.11. The summed E-state index contributed by atoms with van der Waals surface area (Å²) in [5, 5.41) is 12.2. The first-order chi connectivity index (χ1) is 9.22. The third-order valence-corrected chi connectivity index (χ3v) is 2.83. The average molecular weight is 283 g/mol. The molecule has 5 heteroatoms. The molecule has 0 saturated heterocycles. The van der Waals surface area contributed by atoms with Crippen LogP contribution in [0.4, 0.5) is 0 Å². The van der Waals surface area contributed by atoms with Gasteiger partial charge in [0.1, 0.15) is 0 Å². The number of nitriles is 1. The molecular formula is C14H19ClN2O2. The monoisotopic (exact) mass is 282 g/mol. The highest BCUT2D eigenvalue weighted by Crippen LogP contribution is 2.36. The molecule has 0 aliphatic carbocycles. The van der Waals surface area contributed by atoms with Gasteiger partial charge in [-0.25, -0.2) is 0 Å². The second-order valence-electron chi connectivity index (χ2n) is 4.00. The van der Waals surface area contributed by atoms with Crippen molar-refractivity contribution in [1.82, 2.24) is 5.32 Å². The number of rotatable bonds is 8. The number of nitrogens with zero attached hydrogens (tertiary/aromatic N) is 1. The maximum Gasteiger partial charge on any atom is 0.179 e. The molecule has 0 atom stereocenters. The Kier molecular flexibility index (Phi) is 7.09. The van der Waals surface area contributed by atoms with E-state index in [-0.39, 0.29) is 0 Å². The van der Waals surface area contributed by atoms with E-state index in [1.165, 1.54) is 0 Å². The van der Waals surface area contributed by atoms with Gasteiger partial charge in [-0.1, -0.05) is 18.5 Å². The molecule has 0 spiro atoms. The van der Waals surface area contributed by atoms with Crippen LogP contribution in [0.2, 0.25) is 5.02 Å². The van der Waals surface area contributed by atoms with Crippen molar-refractivity contribution in [3.05, 3.63) is 22.7 Å². The minimum absolute atomic E-state index is 0.455. The molecular weight excluding hydrogens is 264 g/mol. The zero-order chi connectivity index (χ0) is 14.1. The summed E-state index contributed by atoms with van der Waals surface area (Å²) in [5.41, 5.74) is 1.05. The fourth-order valence-corrected chi connectivity index (χ4v) is 1.90.